The summed E-state index contributed by atoms with van der Waals surface area (Å²) in [4.78, 5) is 15.4. The molecule has 1 fully saturated rings. The Balaban J connectivity index is 1.66. The monoisotopic (exact) mass is 341 g/mol. The molecule has 1 amide bonds. The average Bonchev–Trinajstić information content (AvgIpc) is 3.13. The van der Waals surface area contributed by atoms with Crippen molar-refractivity contribution in [3.63, 3.8) is 0 Å². The zero-order chi connectivity index (χ0) is 15.5. The molecule has 0 aromatic carbocycles. The van der Waals surface area contributed by atoms with Gasteiger partial charge in [0.25, 0.3) is 0 Å². The molecule has 6 nitrogen and oxygen atoms in total. The molecule has 3 heterocycles. The van der Waals surface area contributed by atoms with Crippen LogP contribution in [0.25, 0.3) is 0 Å². The van der Waals surface area contributed by atoms with Crippen molar-refractivity contribution >= 4 is 28.8 Å². The summed E-state index contributed by atoms with van der Waals surface area (Å²) in [5, 5.41) is 10.4. The van der Waals surface area contributed by atoms with E-state index in [9.17, 15) is 4.79 Å². The van der Waals surface area contributed by atoms with Gasteiger partial charge in [0.1, 0.15) is 6.04 Å². The van der Waals surface area contributed by atoms with Crippen LogP contribution in [0.4, 0.5) is 0 Å². The van der Waals surface area contributed by atoms with Gasteiger partial charge in [0.15, 0.2) is 0 Å². The lowest BCUT2D eigenvalue weighted by Crippen LogP contribution is -2.43. The van der Waals surface area contributed by atoms with E-state index in [4.69, 9.17) is 20.8 Å². The van der Waals surface area contributed by atoms with E-state index in [1.807, 2.05) is 11.4 Å². The smallest absolute Gasteiger partial charge is 0.241 e. The van der Waals surface area contributed by atoms with Gasteiger partial charge in [-0.1, -0.05) is 11.6 Å². The molecule has 0 bridgehead atoms. The Morgan fingerprint density at radius 1 is 1.55 bits per heavy atom. The molecule has 22 heavy (non-hydrogen) atoms. The molecule has 0 saturated carbocycles. The van der Waals surface area contributed by atoms with Gasteiger partial charge in [-0.15, -0.1) is 21.5 Å². The number of thiophene rings is 1. The summed E-state index contributed by atoms with van der Waals surface area (Å²) in [6.07, 6.45) is 1.11. The highest BCUT2D eigenvalue weighted by Gasteiger charge is 2.32. The van der Waals surface area contributed by atoms with Crippen LogP contribution in [0.1, 0.15) is 29.1 Å². The van der Waals surface area contributed by atoms with Gasteiger partial charge in [-0.3, -0.25) is 4.79 Å². The van der Waals surface area contributed by atoms with Crippen molar-refractivity contribution in [3.05, 3.63) is 33.1 Å². The highest BCUT2D eigenvalue weighted by molar-refractivity contribution is 7.10. The van der Waals surface area contributed by atoms with E-state index in [1.54, 1.807) is 23.2 Å². The normalized spacial score (nSPS) is 18.6. The van der Waals surface area contributed by atoms with Crippen LogP contribution in [-0.4, -0.2) is 40.8 Å². The molecule has 0 spiro atoms. The summed E-state index contributed by atoms with van der Waals surface area (Å²) in [6, 6.07) is 1.60. The number of nitrogens with zero attached hydrogens (tertiary/aromatic N) is 3. The average molecular weight is 342 g/mol. The molecule has 8 heteroatoms. The van der Waals surface area contributed by atoms with E-state index in [2.05, 4.69) is 10.2 Å². The molecule has 2 aromatic rings. The van der Waals surface area contributed by atoms with Crippen molar-refractivity contribution in [3.8, 4) is 0 Å². The van der Waals surface area contributed by atoms with Crippen molar-refractivity contribution < 1.29 is 13.9 Å². The molecule has 1 aliphatic heterocycles. The molecule has 118 valence electrons. The Morgan fingerprint density at radius 3 is 3.09 bits per heavy atom. The maximum Gasteiger partial charge on any atom is 0.241 e. The van der Waals surface area contributed by atoms with Crippen molar-refractivity contribution in [1.29, 1.82) is 0 Å². The van der Waals surface area contributed by atoms with Crippen LogP contribution in [0.2, 0.25) is 5.02 Å². The van der Waals surface area contributed by atoms with Gasteiger partial charge in [0.2, 0.25) is 17.7 Å². The van der Waals surface area contributed by atoms with Crippen LogP contribution in [0.15, 0.2) is 15.9 Å². The van der Waals surface area contributed by atoms with Crippen LogP contribution >= 0.6 is 22.9 Å². The number of hydrogen-bond donors (Lipinski definition) is 0. The van der Waals surface area contributed by atoms with E-state index in [0.717, 1.165) is 9.90 Å². The summed E-state index contributed by atoms with van der Waals surface area (Å²) in [6.45, 7) is 3.18. The predicted octanol–water partition coefficient (Wildman–Crippen LogP) is 2.63. The lowest BCUT2D eigenvalue weighted by Gasteiger charge is -2.33. The molecular formula is C14H16ClN3O3S. The lowest BCUT2D eigenvalue weighted by molar-refractivity contribution is -0.141. The molecule has 2 aromatic heterocycles. The Hall–Kier alpha value is -1.44. The Bertz CT molecular complexity index is 657. The number of amides is 1. The quantitative estimate of drug-likeness (QED) is 0.855. The molecule has 0 unspecified atom stereocenters. The number of hydrogen-bond acceptors (Lipinski definition) is 6. The Labute approximate surface area is 137 Å². The number of aryl methyl sites for hydroxylation is 2. The number of carbonyl (C=O) groups excluding carboxylic acids is 1. The second-order valence-corrected chi connectivity index (χ2v) is 6.50. The molecule has 3 rings (SSSR count). The molecule has 1 atom stereocenters. The van der Waals surface area contributed by atoms with E-state index in [-0.39, 0.29) is 11.9 Å². The molecular weight excluding hydrogens is 326 g/mol. The van der Waals surface area contributed by atoms with Crippen molar-refractivity contribution in [2.45, 2.75) is 25.8 Å². The fourth-order valence-corrected chi connectivity index (χ4v) is 3.49. The summed E-state index contributed by atoms with van der Waals surface area (Å²) >= 11 is 7.47. The van der Waals surface area contributed by atoms with E-state index < -0.39 is 0 Å². The summed E-state index contributed by atoms with van der Waals surface area (Å²) in [7, 11) is 0. The minimum Gasteiger partial charge on any atom is -0.423 e. The SMILES string of the molecule is Cc1nnc([C@H]2COCCN2C(=O)CCc2cc(Cl)cs2)o1. The standard InChI is InChI=1S/C14H16ClN3O3S/c1-9-16-17-14(21-9)12-7-20-5-4-18(12)13(19)3-2-11-6-10(15)8-22-11/h6,8,12H,2-5,7H2,1H3/t12-/m1/s1. The van der Waals surface area contributed by atoms with E-state index in [1.165, 1.54) is 0 Å². The second-order valence-electron chi connectivity index (χ2n) is 5.07. The van der Waals surface area contributed by atoms with Crippen LogP contribution in [0, 0.1) is 6.92 Å². The molecule has 1 aliphatic rings. The highest BCUT2D eigenvalue weighted by Crippen LogP contribution is 2.25. The second kappa shape index (κ2) is 6.76. The van der Waals surface area contributed by atoms with Crippen molar-refractivity contribution in [2.75, 3.05) is 19.8 Å². The summed E-state index contributed by atoms with van der Waals surface area (Å²) in [5.41, 5.74) is 0. The predicted molar refractivity (Wildman–Crippen MR) is 82.0 cm³/mol. The number of halogens is 1. The maximum absolute atomic E-state index is 12.5. The van der Waals surface area contributed by atoms with E-state index >= 15 is 0 Å². The van der Waals surface area contributed by atoms with Crippen LogP contribution < -0.4 is 0 Å². The third-order valence-electron chi connectivity index (χ3n) is 3.48. The summed E-state index contributed by atoms with van der Waals surface area (Å²) in [5.74, 6) is 0.986. The zero-order valence-corrected chi connectivity index (χ0v) is 13.7. The topological polar surface area (TPSA) is 68.5 Å². The summed E-state index contributed by atoms with van der Waals surface area (Å²) < 4.78 is 10.9. The first-order valence-electron chi connectivity index (χ1n) is 7.03. The highest BCUT2D eigenvalue weighted by atomic mass is 35.5. The van der Waals surface area contributed by atoms with Gasteiger partial charge in [-0.2, -0.15) is 0 Å². The van der Waals surface area contributed by atoms with Gasteiger partial charge in [0.05, 0.1) is 18.2 Å². The fraction of sp³-hybridized carbons (Fsp3) is 0.500. The third kappa shape index (κ3) is 3.48. The number of carbonyl (C=O) groups is 1. The maximum atomic E-state index is 12.5. The fourth-order valence-electron chi connectivity index (χ4n) is 2.41. The van der Waals surface area contributed by atoms with Gasteiger partial charge >= 0.3 is 0 Å². The molecule has 1 saturated heterocycles. The number of morpholine rings is 1. The molecule has 0 radical (unpaired) electrons. The number of aromatic nitrogens is 2. The number of ether oxygens (including phenoxy) is 1. The van der Waals surface area contributed by atoms with E-state index in [0.29, 0.717) is 44.4 Å². The first-order chi connectivity index (χ1) is 10.6. The van der Waals surface area contributed by atoms with Gasteiger partial charge in [0, 0.05) is 30.1 Å². The van der Waals surface area contributed by atoms with Crippen molar-refractivity contribution in [1.82, 2.24) is 15.1 Å². The molecule has 0 aliphatic carbocycles. The van der Waals surface area contributed by atoms with Gasteiger partial charge < -0.3 is 14.1 Å². The van der Waals surface area contributed by atoms with Gasteiger partial charge in [-0.25, -0.2) is 0 Å². The Kier molecular flexibility index (Phi) is 4.75. The largest absolute Gasteiger partial charge is 0.423 e. The minimum absolute atomic E-state index is 0.0636. The molecule has 0 N–H and O–H groups in total. The lowest BCUT2D eigenvalue weighted by atomic mass is 10.1. The first kappa shape index (κ1) is 15.5. The minimum atomic E-state index is -0.297. The Morgan fingerprint density at radius 2 is 2.41 bits per heavy atom. The third-order valence-corrected chi connectivity index (χ3v) is 4.83. The van der Waals surface area contributed by atoms with Crippen LogP contribution in [0.3, 0.4) is 0 Å². The van der Waals surface area contributed by atoms with Crippen molar-refractivity contribution in [2.24, 2.45) is 0 Å². The first-order valence-corrected chi connectivity index (χ1v) is 8.29. The van der Waals surface area contributed by atoms with Crippen LogP contribution in [0.5, 0.6) is 0 Å². The van der Waals surface area contributed by atoms with Gasteiger partial charge in [-0.05, 0) is 12.5 Å². The number of rotatable bonds is 4. The van der Waals surface area contributed by atoms with Crippen LogP contribution in [-0.2, 0) is 16.0 Å². The zero-order valence-electron chi connectivity index (χ0n) is 12.1.